The van der Waals surface area contributed by atoms with Gasteiger partial charge in [-0.05, 0) is 31.0 Å². The summed E-state index contributed by atoms with van der Waals surface area (Å²) < 4.78 is 2.04. The molecule has 0 aliphatic heterocycles. The van der Waals surface area contributed by atoms with Gasteiger partial charge in [0, 0.05) is 23.5 Å². The van der Waals surface area contributed by atoms with E-state index >= 15 is 0 Å². The smallest absolute Gasteiger partial charge is 0.313 e. The summed E-state index contributed by atoms with van der Waals surface area (Å²) in [4.78, 5) is 14.9. The molecule has 0 bridgehead atoms. The number of rotatable bonds is 6. The van der Waals surface area contributed by atoms with E-state index in [0.717, 1.165) is 28.8 Å². The zero-order valence-corrected chi connectivity index (χ0v) is 12.6. The summed E-state index contributed by atoms with van der Waals surface area (Å²) in [5, 5.41) is 10.2. The van der Waals surface area contributed by atoms with Gasteiger partial charge < -0.3 is 9.67 Å². The topological polar surface area (TPSA) is 55.1 Å². The van der Waals surface area contributed by atoms with Crippen molar-refractivity contribution in [2.45, 2.75) is 25.0 Å². The van der Waals surface area contributed by atoms with Crippen molar-refractivity contribution in [2.24, 2.45) is 0 Å². The summed E-state index contributed by atoms with van der Waals surface area (Å²) in [6.45, 7) is 2.75. The number of aryl methyl sites for hydroxylation is 2. The average Bonchev–Trinajstić information content (AvgIpc) is 2.76. The molecule has 0 saturated heterocycles. The van der Waals surface area contributed by atoms with Crippen LogP contribution in [0.1, 0.15) is 11.3 Å². The second kappa shape index (κ2) is 6.81. The molecular weight excluding hydrogens is 296 g/mol. The molecule has 1 heterocycles. The van der Waals surface area contributed by atoms with Crippen molar-refractivity contribution in [3.8, 4) is 0 Å². The Bertz CT molecular complexity index is 596. The molecule has 0 amide bonds. The number of imidazole rings is 1. The van der Waals surface area contributed by atoms with Gasteiger partial charge in [0.25, 0.3) is 0 Å². The van der Waals surface area contributed by atoms with Crippen LogP contribution in [0.25, 0.3) is 0 Å². The second-order valence-electron chi connectivity index (χ2n) is 4.39. The Morgan fingerprint density at radius 2 is 2.10 bits per heavy atom. The van der Waals surface area contributed by atoms with E-state index in [9.17, 15) is 4.79 Å². The molecule has 1 N–H and O–H groups in total. The first-order chi connectivity index (χ1) is 9.56. The van der Waals surface area contributed by atoms with Crippen molar-refractivity contribution >= 4 is 29.3 Å². The first kappa shape index (κ1) is 14.9. The first-order valence-corrected chi connectivity index (χ1v) is 7.54. The molecule has 0 radical (unpaired) electrons. The van der Waals surface area contributed by atoms with Crippen LogP contribution in [0.4, 0.5) is 0 Å². The molecule has 1 aromatic carbocycles. The molecule has 2 rings (SSSR count). The van der Waals surface area contributed by atoms with Crippen molar-refractivity contribution in [1.82, 2.24) is 9.55 Å². The van der Waals surface area contributed by atoms with Crippen molar-refractivity contribution in [3.63, 3.8) is 0 Å². The van der Waals surface area contributed by atoms with Crippen LogP contribution in [-0.2, 0) is 17.8 Å². The Labute approximate surface area is 126 Å². The zero-order valence-electron chi connectivity index (χ0n) is 11.0. The van der Waals surface area contributed by atoms with Gasteiger partial charge in [-0.1, -0.05) is 35.5 Å². The number of hydrogen-bond donors (Lipinski definition) is 1. The normalized spacial score (nSPS) is 10.7. The van der Waals surface area contributed by atoms with Crippen molar-refractivity contribution in [2.75, 3.05) is 5.75 Å². The maximum Gasteiger partial charge on any atom is 0.313 e. The van der Waals surface area contributed by atoms with Gasteiger partial charge in [-0.15, -0.1) is 0 Å². The summed E-state index contributed by atoms with van der Waals surface area (Å²) in [7, 11) is 0. The molecule has 0 spiro atoms. The predicted octanol–water partition coefficient (Wildman–Crippen LogP) is 3.26. The molecule has 0 saturated carbocycles. The quantitative estimate of drug-likeness (QED) is 0.832. The third-order valence-corrected chi connectivity index (χ3v) is 4.11. The number of carboxylic acids is 1. The number of nitrogens with zero attached hydrogens (tertiary/aromatic N) is 2. The lowest BCUT2D eigenvalue weighted by molar-refractivity contribution is -0.133. The molecule has 1 aromatic heterocycles. The molecule has 0 unspecified atom stereocenters. The van der Waals surface area contributed by atoms with E-state index < -0.39 is 5.97 Å². The first-order valence-electron chi connectivity index (χ1n) is 6.17. The maximum atomic E-state index is 10.6. The van der Waals surface area contributed by atoms with Crippen LogP contribution in [0.3, 0.4) is 0 Å². The van der Waals surface area contributed by atoms with E-state index in [2.05, 4.69) is 4.98 Å². The summed E-state index contributed by atoms with van der Waals surface area (Å²) in [6, 6.07) is 7.74. The van der Waals surface area contributed by atoms with Gasteiger partial charge in [0.05, 0.1) is 5.75 Å². The predicted molar refractivity (Wildman–Crippen MR) is 80.5 cm³/mol. The van der Waals surface area contributed by atoms with E-state index in [1.165, 1.54) is 17.3 Å². The number of carboxylic acid groups (broad SMARTS) is 1. The molecule has 0 aliphatic rings. The Morgan fingerprint density at radius 3 is 2.75 bits per heavy atom. The third kappa shape index (κ3) is 4.02. The zero-order chi connectivity index (χ0) is 14.5. The fraction of sp³-hybridized carbons (Fsp3) is 0.286. The van der Waals surface area contributed by atoms with E-state index in [1.807, 2.05) is 35.8 Å². The highest BCUT2D eigenvalue weighted by Gasteiger charge is 2.09. The minimum absolute atomic E-state index is 0.0252. The van der Waals surface area contributed by atoms with Gasteiger partial charge in [-0.25, -0.2) is 4.98 Å². The van der Waals surface area contributed by atoms with E-state index in [4.69, 9.17) is 16.7 Å². The summed E-state index contributed by atoms with van der Waals surface area (Å²) in [5.41, 5.74) is 2.23. The number of halogens is 1. The monoisotopic (exact) mass is 310 g/mol. The molecule has 0 atom stereocenters. The van der Waals surface area contributed by atoms with Gasteiger partial charge in [-0.3, -0.25) is 4.79 Å². The Kier molecular flexibility index (Phi) is 5.09. The lowest BCUT2D eigenvalue weighted by atomic mass is 10.1. The second-order valence-corrected chi connectivity index (χ2v) is 5.77. The summed E-state index contributed by atoms with van der Waals surface area (Å²) in [5.74, 6) is -0.808. The highest BCUT2D eigenvalue weighted by Crippen LogP contribution is 2.19. The molecule has 6 heteroatoms. The van der Waals surface area contributed by atoms with Crippen LogP contribution >= 0.6 is 23.4 Å². The van der Waals surface area contributed by atoms with Crippen LogP contribution < -0.4 is 0 Å². The number of aliphatic carboxylic acids is 1. The van der Waals surface area contributed by atoms with Gasteiger partial charge in [0.2, 0.25) is 0 Å². The lowest BCUT2D eigenvalue weighted by Crippen LogP contribution is -2.06. The van der Waals surface area contributed by atoms with Gasteiger partial charge in [-0.2, -0.15) is 0 Å². The Balaban J connectivity index is 2.03. The number of thioether (sulfide) groups is 1. The largest absolute Gasteiger partial charge is 0.481 e. The average molecular weight is 311 g/mol. The number of aromatic nitrogens is 2. The van der Waals surface area contributed by atoms with Gasteiger partial charge in [0.1, 0.15) is 0 Å². The molecule has 0 fully saturated rings. The van der Waals surface area contributed by atoms with Gasteiger partial charge >= 0.3 is 5.97 Å². The van der Waals surface area contributed by atoms with Crippen LogP contribution in [0.15, 0.2) is 35.6 Å². The third-order valence-electron chi connectivity index (χ3n) is 2.88. The van der Waals surface area contributed by atoms with Crippen LogP contribution in [0, 0.1) is 6.92 Å². The number of benzene rings is 1. The molecule has 4 nitrogen and oxygen atoms in total. The molecule has 106 valence electrons. The SMILES string of the molecule is Cc1cnc(SCC(=O)O)n1CCc1ccc(Cl)cc1. The minimum atomic E-state index is -0.833. The fourth-order valence-corrected chi connectivity index (χ4v) is 2.74. The van der Waals surface area contributed by atoms with Crippen molar-refractivity contribution in [3.05, 3.63) is 46.7 Å². The number of carbonyl (C=O) groups is 1. The van der Waals surface area contributed by atoms with E-state index in [0.29, 0.717) is 0 Å². The standard InChI is InChI=1S/C14H15ClN2O2S/c1-10-8-16-14(20-9-13(18)19)17(10)7-6-11-2-4-12(15)5-3-11/h2-5,8H,6-7,9H2,1H3,(H,18,19). The maximum absolute atomic E-state index is 10.6. The highest BCUT2D eigenvalue weighted by atomic mass is 35.5. The van der Waals surface area contributed by atoms with Crippen LogP contribution in [0.5, 0.6) is 0 Å². The van der Waals surface area contributed by atoms with Crippen molar-refractivity contribution in [1.29, 1.82) is 0 Å². The summed E-state index contributed by atoms with van der Waals surface area (Å²) >= 11 is 7.10. The fourth-order valence-electron chi connectivity index (χ4n) is 1.84. The minimum Gasteiger partial charge on any atom is -0.481 e. The molecule has 0 aliphatic carbocycles. The summed E-state index contributed by atoms with van der Waals surface area (Å²) in [6.07, 6.45) is 2.63. The number of hydrogen-bond acceptors (Lipinski definition) is 3. The molecular formula is C14H15ClN2O2S. The van der Waals surface area contributed by atoms with Gasteiger partial charge in [0.15, 0.2) is 5.16 Å². The van der Waals surface area contributed by atoms with Crippen LogP contribution in [-0.4, -0.2) is 26.4 Å². The Hall–Kier alpha value is -1.46. The van der Waals surface area contributed by atoms with E-state index in [-0.39, 0.29) is 5.75 Å². The molecule has 2 aromatic rings. The van der Waals surface area contributed by atoms with Crippen molar-refractivity contribution < 1.29 is 9.90 Å². The van der Waals surface area contributed by atoms with E-state index in [1.54, 1.807) is 6.20 Å². The Morgan fingerprint density at radius 1 is 1.40 bits per heavy atom. The lowest BCUT2D eigenvalue weighted by Gasteiger charge is -2.09. The van der Waals surface area contributed by atoms with Crippen LogP contribution in [0.2, 0.25) is 5.02 Å². The highest BCUT2D eigenvalue weighted by molar-refractivity contribution is 7.99. The molecule has 20 heavy (non-hydrogen) atoms.